The number of nitrogens with two attached hydrogens (primary N) is 1. The second-order valence-corrected chi connectivity index (χ2v) is 9.46. The molecule has 2 amide bonds. The zero-order valence-corrected chi connectivity index (χ0v) is 20.8. The lowest BCUT2D eigenvalue weighted by molar-refractivity contribution is -0.128. The largest absolute Gasteiger partial charge is 0.381 e. The highest BCUT2D eigenvalue weighted by atomic mass is 19.1. The van der Waals surface area contributed by atoms with Crippen molar-refractivity contribution in [2.75, 3.05) is 19.3 Å². The number of rotatable bonds is 4. The molecule has 6 rings (SSSR count). The topological polar surface area (TPSA) is 119 Å². The molecule has 1 aliphatic rings. The van der Waals surface area contributed by atoms with Gasteiger partial charge in [0.15, 0.2) is 11.5 Å². The van der Waals surface area contributed by atoms with Crippen molar-refractivity contribution < 1.29 is 14.0 Å². The van der Waals surface area contributed by atoms with Gasteiger partial charge < -0.3 is 16.0 Å². The number of carbonyl (C=O) groups excluding carboxylic acids is 2. The number of benzene rings is 2. The van der Waals surface area contributed by atoms with Crippen LogP contribution < -0.4 is 11.1 Å². The number of nitrogens with zero attached hydrogens (tertiary/aromatic N) is 5. The van der Waals surface area contributed by atoms with Crippen LogP contribution in [0.5, 0.6) is 0 Å². The van der Waals surface area contributed by atoms with Crippen LogP contribution in [-0.4, -0.2) is 55.7 Å². The summed E-state index contributed by atoms with van der Waals surface area (Å²) in [5, 5.41) is 3.74. The second kappa shape index (κ2) is 8.91. The first kappa shape index (κ1) is 23.5. The van der Waals surface area contributed by atoms with Gasteiger partial charge in [-0.3, -0.25) is 19.0 Å². The quantitative estimate of drug-likeness (QED) is 0.382. The Labute approximate surface area is 217 Å². The van der Waals surface area contributed by atoms with Crippen molar-refractivity contribution >= 4 is 34.2 Å². The molecule has 3 aromatic heterocycles. The first-order valence-corrected chi connectivity index (χ1v) is 12.2. The Bertz CT molecular complexity index is 1750. The number of nitrogens with one attached hydrogen (secondary N) is 1. The highest BCUT2D eigenvalue weighted by molar-refractivity contribution is 5.98. The van der Waals surface area contributed by atoms with E-state index in [0.717, 1.165) is 22.0 Å². The molecule has 1 aliphatic heterocycles. The molecule has 190 valence electrons. The minimum Gasteiger partial charge on any atom is -0.381 e. The molecule has 0 saturated carbocycles. The van der Waals surface area contributed by atoms with Gasteiger partial charge in [0.1, 0.15) is 17.6 Å². The highest BCUT2D eigenvalue weighted by Gasteiger charge is 2.31. The lowest BCUT2D eigenvalue weighted by Gasteiger charge is -2.14. The summed E-state index contributed by atoms with van der Waals surface area (Å²) < 4.78 is 15.5. The Morgan fingerprint density at radius 2 is 1.87 bits per heavy atom. The second-order valence-electron chi connectivity index (χ2n) is 9.46. The fourth-order valence-corrected chi connectivity index (χ4v) is 4.88. The van der Waals surface area contributed by atoms with E-state index in [1.54, 1.807) is 40.9 Å². The molecule has 38 heavy (non-hydrogen) atoms. The molecule has 5 aromatic rings. The van der Waals surface area contributed by atoms with Crippen LogP contribution in [0.1, 0.15) is 22.5 Å². The van der Waals surface area contributed by atoms with E-state index in [9.17, 15) is 14.0 Å². The van der Waals surface area contributed by atoms with Crippen molar-refractivity contribution in [2.24, 2.45) is 0 Å². The monoisotopic (exact) mass is 509 g/mol. The van der Waals surface area contributed by atoms with Crippen molar-refractivity contribution in [2.45, 2.75) is 19.4 Å². The average Bonchev–Trinajstić information content (AvgIpc) is 3.49. The third kappa shape index (κ3) is 3.90. The maximum Gasteiger partial charge on any atom is 0.272 e. The molecule has 0 aliphatic carbocycles. The zero-order valence-electron chi connectivity index (χ0n) is 20.8. The summed E-state index contributed by atoms with van der Waals surface area (Å²) in [6, 6.07) is 13.2. The first-order chi connectivity index (χ1) is 18.3. The number of nitrogen functional groups attached to an aromatic ring is 1. The molecule has 2 aromatic carbocycles. The van der Waals surface area contributed by atoms with Gasteiger partial charge in [0.2, 0.25) is 5.91 Å². The Kier molecular flexibility index (Phi) is 5.52. The van der Waals surface area contributed by atoms with Crippen molar-refractivity contribution in [3.63, 3.8) is 0 Å². The van der Waals surface area contributed by atoms with Crippen molar-refractivity contribution in [3.05, 3.63) is 78.0 Å². The minimum atomic E-state index is -0.599. The van der Waals surface area contributed by atoms with E-state index in [-0.39, 0.29) is 23.2 Å². The summed E-state index contributed by atoms with van der Waals surface area (Å²) in [5.74, 6) is -0.870. The van der Waals surface area contributed by atoms with E-state index in [1.807, 2.05) is 31.2 Å². The van der Waals surface area contributed by atoms with E-state index < -0.39 is 11.9 Å². The number of imidazole rings is 1. The molecule has 1 saturated heterocycles. The number of likely N-dealkylation sites (tertiary alicyclic amines) is 1. The van der Waals surface area contributed by atoms with Gasteiger partial charge in [-0.05, 0) is 61.4 Å². The summed E-state index contributed by atoms with van der Waals surface area (Å²) in [7, 11) is 1.70. The maximum absolute atomic E-state index is 13.7. The number of amides is 2. The number of pyridine rings is 1. The lowest BCUT2D eigenvalue weighted by Crippen LogP contribution is -2.40. The van der Waals surface area contributed by atoms with Crippen molar-refractivity contribution in [1.82, 2.24) is 29.6 Å². The molecular formula is C28H24FN7O2. The number of likely N-dealkylation sites (N-methyl/N-ethyl adjacent to an activating group) is 1. The number of aryl methyl sites for hydroxylation is 1. The number of hydrogen-bond donors (Lipinski definition) is 2. The summed E-state index contributed by atoms with van der Waals surface area (Å²) >= 11 is 0. The standard InChI is InChI=1S/C28H24FN7O2/c1-15-9-11-31-20-8-5-17(13-19(15)20)24-23(16-3-6-18(29)7-4-16)34-25(30)26-32-22(14-36(24)26)27(37)33-21-10-12-35(2)28(21)38/h3-9,11,13-14,21H,10,12H2,1-2H3,(H2,30,34)(H,33,37). The fraction of sp³-hybridized carbons (Fsp3) is 0.179. The number of halogens is 1. The normalized spacial score (nSPS) is 15.5. The molecule has 0 bridgehead atoms. The zero-order chi connectivity index (χ0) is 26.6. The van der Waals surface area contributed by atoms with Gasteiger partial charge in [-0.15, -0.1) is 0 Å². The van der Waals surface area contributed by atoms with Crippen LogP contribution >= 0.6 is 0 Å². The third-order valence-corrected chi connectivity index (χ3v) is 6.95. The average molecular weight is 510 g/mol. The van der Waals surface area contributed by atoms with E-state index in [1.165, 1.54) is 12.1 Å². The number of carbonyl (C=O) groups is 2. The summed E-state index contributed by atoms with van der Waals surface area (Å²) in [6.07, 6.45) is 3.88. The van der Waals surface area contributed by atoms with Gasteiger partial charge in [0.05, 0.1) is 16.9 Å². The molecule has 1 fully saturated rings. The van der Waals surface area contributed by atoms with Crippen molar-refractivity contribution in [1.29, 1.82) is 0 Å². The minimum absolute atomic E-state index is 0.108. The highest BCUT2D eigenvalue weighted by Crippen LogP contribution is 2.35. The van der Waals surface area contributed by atoms with Crippen LogP contribution in [0, 0.1) is 12.7 Å². The number of hydrogen-bond acceptors (Lipinski definition) is 6. The van der Waals surface area contributed by atoms with E-state index >= 15 is 0 Å². The fourth-order valence-electron chi connectivity index (χ4n) is 4.88. The van der Waals surface area contributed by atoms with E-state index in [4.69, 9.17) is 5.73 Å². The summed E-state index contributed by atoms with van der Waals surface area (Å²) in [6.45, 7) is 2.58. The lowest BCUT2D eigenvalue weighted by atomic mass is 10.0. The van der Waals surface area contributed by atoms with Crippen LogP contribution in [0.15, 0.2) is 60.9 Å². The Morgan fingerprint density at radius 3 is 2.61 bits per heavy atom. The maximum atomic E-state index is 13.7. The molecule has 1 unspecified atom stereocenters. The van der Waals surface area contributed by atoms with Gasteiger partial charge in [-0.25, -0.2) is 14.4 Å². The number of anilines is 1. The third-order valence-electron chi connectivity index (χ3n) is 6.95. The van der Waals surface area contributed by atoms with Gasteiger partial charge in [-0.2, -0.15) is 0 Å². The molecule has 3 N–H and O–H groups in total. The molecule has 10 heteroatoms. The number of aromatic nitrogens is 4. The van der Waals surface area contributed by atoms with E-state index in [0.29, 0.717) is 35.6 Å². The summed E-state index contributed by atoms with van der Waals surface area (Å²) in [4.78, 5) is 40.6. The van der Waals surface area contributed by atoms with Gasteiger partial charge in [0, 0.05) is 42.5 Å². The van der Waals surface area contributed by atoms with Gasteiger partial charge >= 0.3 is 0 Å². The number of fused-ring (bicyclic) bond motifs is 2. The van der Waals surface area contributed by atoms with Crippen LogP contribution in [-0.2, 0) is 4.79 Å². The predicted octanol–water partition coefficient (Wildman–Crippen LogP) is 3.60. The Hall–Kier alpha value is -4.86. The van der Waals surface area contributed by atoms with Gasteiger partial charge in [0.25, 0.3) is 5.91 Å². The van der Waals surface area contributed by atoms with Crippen molar-refractivity contribution in [3.8, 4) is 22.5 Å². The van der Waals surface area contributed by atoms with Gasteiger partial charge in [-0.1, -0.05) is 6.07 Å². The van der Waals surface area contributed by atoms with Crippen LogP contribution in [0.4, 0.5) is 10.2 Å². The smallest absolute Gasteiger partial charge is 0.272 e. The molecule has 9 nitrogen and oxygen atoms in total. The molecule has 4 heterocycles. The summed E-state index contributed by atoms with van der Waals surface area (Å²) in [5.41, 5.74) is 11.2. The molecule has 0 radical (unpaired) electrons. The SMILES string of the molecule is Cc1ccnc2ccc(-c3c(-c4ccc(F)cc4)nc(N)c4nc(C(=O)NC5CCN(C)C5=O)cn34)cc12. The Morgan fingerprint density at radius 1 is 1.11 bits per heavy atom. The van der Waals surface area contributed by atoms with E-state index in [2.05, 4.69) is 20.3 Å². The van der Waals surface area contributed by atoms with Crippen LogP contribution in [0.3, 0.4) is 0 Å². The molecule has 0 spiro atoms. The molecular weight excluding hydrogens is 485 g/mol. The molecule has 1 atom stereocenters. The Balaban J connectivity index is 1.55. The van der Waals surface area contributed by atoms with Crippen LogP contribution in [0.2, 0.25) is 0 Å². The van der Waals surface area contributed by atoms with Crippen LogP contribution in [0.25, 0.3) is 39.1 Å². The first-order valence-electron chi connectivity index (χ1n) is 12.2. The predicted molar refractivity (Wildman–Crippen MR) is 142 cm³/mol.